The first-order valence-electron chi connectivity index (χ1n) is 15.2. The highest BCUT2D eigenvalue weighted by Gasteiger charge is 2.23. The Balaban J connectivity index is 1.31. The molecule has 5 aromatic rings. The summed E-state index contributed by atoms with van der Waals surface area (Å²) in [5, 5.41) is 8.17. The zero-order valence-electron chi connectivity index (χ0n) is 26.1. The van der Waals surface area contributed by atoms with E-state index in [-0.39, 0.29) is 17.5 Å². The summed E-state index contributed by atoms with van der Waals surface area (Å²) in [7, 11) is 0. The molecule has 1 atom stereocenters. The monoisotopic (exact) mass is 641 g/mol. The fourth-order valence-corrected chi connectivity index (χ4v) is 5.73. The summed E-state index contributed by atoms with van der Waals surface area (Å²) < 4.78 is 5.51. The molecule has 0 aliphatic heterocycles. The molecule has 0 spiro atoms. The molecular weight excluding hydrogens is 607 g/mol. The van der Waals surface area contributed by atoms with Crippen LogP contribution in [0.5, 0.6) is 5.75 Å². The molecule has 3 N–H and O–H groups in total. The SMILES string of the molecule is CCOc1ccc(NC(=O)C(Sc2ccc(NC(=O)/C(=C/c3ccccc3C)NC(=O)c3ccccc3)cc2)c2ccccc2)cc1. The molecule has 7 nitrogen and oxygen atoms in total. The van der Waals surface area contributed by atoms with Gasteiger partial charge in [0.1, 0.15) is 16.7 Å². The van der Waals surface area contributed by atoms with E-state index in [1.54, 1.807) is 42.5 Å². The number of benzene rings is 5. The lowest BCUT2D eigenvalue weighted by molar-refractivity contribution is -0.116. The third-order valence-electron chi connectivity index (χ3n) is 7.16. The van der Waals surface area contributed by atoms with Crippen molar-refractivity contribution in [3.63, 3.8) is 0 Å². The average molecular weight is 642 g/mol. The normalized spacial score (nSPS) is 11.7. The number of thioether (sulfide) groups is 1. The number of ether oxygens (including phenoxy) is 1. The number of carbonyl (C=O) groups excluding carboxylic acids is 3. The molecule has 0 radical (unpaired) electrons. The van der Waals surface area contributed by atoms with Crippen molar-refractivity contribution >= 4 is 46.9 Å². The van der Waals surface area contributed by atoms with Crippen molar-refractivity contribution in [2.75, 3.05) is 17.2 Å². The summed E-state index contributed by atoms with van der Waals surface area (Å²) in [5.41, 5.74) is 4.41. The zero-order valence-corrected chi connectivity index (χ0v) is 26.9. The van der Waals surface area contributed by atoms with Crippen LogP contribution in [0.25, 0.3) is 6.08 Å². The molecule has 5 aromatic carbocycles. The summed E-state index contributed by atoms with van der Waals surface area (Å²) in [4.78, 5) is 40.9. The van der Waals surface area contributed by atoms with Crippen LogP contribution >= 0.6 is 11.8 Å². The predicted molar refractivity (Wildman–Crippen MR) is 189 cm³/mol. The van der Waals surface area contributed by atoms with Crippen molar-refractivity contribution in [1.29, 1.82) is 0 Å². The number of amides is 3. The van der Waals surface area contributed by atoms with E-state index in [9.17, 15) is 14.4 Å². The van der Waals surface area contributed by atoms with E-state index in [4.69, 9.17) is 4.74 Å². The standard InChI is InChI=1S/C39H35N3O4S/c1-3-46-33-22-18-31(19-23-33)41-39(45)36(28-13-6-4-7-14-28)47-34-24-20-32(21-25-34)40-38(44)35(26-30-17-11-10-12-27(30)2)42-37(43)29-15-8-5-9-16-29/h4-26,36H,3H2,1-2H3,(H,40,44)(H,41,45)(H,42,43)/b35-26-. The fraction of sp³-hybridized carbons (Fsp3) is 0.103. The Morgan fingerprint density at radius 1 is 0.723 bits per heavy atom. The average Bonchev–Trinajstić information content (AvgIpc) is 3.10. The summed E-state index contributed by atoms with van der Waals surface area (Å²) in [6, 6.07) is 40.5. The molecule has 47 heavy (non-hydrogen) atoms. The molecular formula is C39H35N3O4S. The minimum absolute atomic E-state index is 0.113. The van der Waals surface area contributed by atoms with Gasteiger partial charge in [-0.15, -0.1) is 11.8 Å². The van der Waals surface area contributed by atoms with Crippen molar-refractivity contribution in [2.45, 2.75) is 24.0 Å². The van der Waals surface area contributed by atoms with E-state index in [1.807, 2.05) is 111 Å². The van der Waals surface area contributed by atoms with Crippen molar-refractivity contribution in [3.8, 4) is 5.75 Å². The molecule has 5 rings (SSSR count). The summed E-state index contributed by atoms with van der Waals surface area (Å²) in [6.07, 6.45) is 1.67. The Kier molecular flexibility index (Phi) is 11.2. The molecule has 236 valence electrons. The first kappa shape index (κ1) is 32.8. The fourth-order valence-electron chi connectivity index (χ4n) is 4.71. The molecule has 0 heterocycles. The maximum Gasteiger partial charge on any atom is 0.272 e. The molecule has 0 aliphatic carbocycles. The molecule has 0 aliphatic rings. The van der Waals surface area contributed by atoms with Gasteiger partial charge in [0.15, 0.2) is 0 Å². The summed E-state index contributed by atoms with van der Waals surface area (Å²) in [5.74, 6) is -0.274. The zero-order chi connectivity index (χ0) is 33.0. The predicted octanol–water partition coefficient (Wildman–Crippen LogP) is 8.28. The van der Waals surface area contributed by atoms with Gasteiger partial charge in [0.2, 0.25) is 5.91 Å². The highest BCUT2D eigenvalue weighted by molar-refractivity contribution is 8.00. The van der Waals surface area contributed by atoms with Crippen molar-refractivity contribution in [2.24, 2.45) is 0 Å². The highest BCUT2D eigenvalue weighted by Crippen LogP contribution is 2.37. The molecule has 8 heteroatoms. The second kappa shape index (κ2) is 16.1. The smallest absolute Gasteiger partial charge is 0.272 e. The van der Waals surface area contributed by atoms with E-state index in [0.29, 0.717) is 23.5 Å². The van der Waals surface area contributed by atoms with Crippen LogP contribution < -0.4 is 20.7 Å². The van der Waals surface area contributed by atoms with Gasteiger partial charge in [-0.2, -0.15) is 0 Å². The van der Waals surface area contributed by atoms with Crippen LogP contribution in [0.4, 0.5) is 11.4 Å². The van der Waals surface area contributed by atoms with Crippen LogP contribution in [0, 0.1) is 6.92 Å². The van der Waals surface area contributed by atoms with E-state index < -0.39 is 11.2 Å². The maximum atomic E-state index is 13.5. The lowest BCUT2D eigenvalue weighted by Crippen LogP contribution is -2.30. The molecule has 3 amide bonds. The Morgan fingerprint density at radius 3 is 1.98 bits per heavy atom. The van der Waals surface area contributed by atoms with Gasteiger partial charge in [-0.05, 0) is 97.3 Å². The van der Waals surface area contributed by atoms with E-state index in [1.165, 1.54) is 11.8 Å². The molecule has 0 bridgehead atoms. The topological polar surface area (TPSA) is 96.5 Å². The lowest BCUT2D eigenvalue weighted by atomic mass is 10.1. The summed E-state index contributed by atoms with van der Waals surface area (Å²) in [6.45, 7) is 4.43. The van der Waals surface area contributed by atoms with Crippen molar-refractivity contribution in [1.82, 2.24) is 5.32 Å². The molecule has 1 unspecified atom stereocenters. The molecule has 0 fully saturated rings. The van der Waals surface area contributed by atoms with Crippen LogP contribution in [-0.2, 0) is 9.59 Å². The van der Waals surface area contributed by atoms with Crippen LogP contribution in [0.3, 0.4) is 0 Å². The third-order valence-corrected chi connectivity index (χ3v) is 8.42. The number of hydrogen-bond acceptors (Lipinski definition) is 5. The second-order valence-electron chi connectivity index (χ2n) is 10.6. The van der Waals surface area contributed by atoms with Gasteiger partial charge in [0.25, 0.3) is 11.8 Å². The van der Waals surface area contributed by atoms with E-state index in [2.05, 4.69) is 16.0 Å². The molecule has 0 saturated heterocycles. The van der Waals surface area contributed by atoms with Gasteiger partial charge in [0, 0.05) is 21.8 Å². The minimum Gasteiger partial charge on any atom is -0.494 e. The number of nitrogens with one attached hydrogen (secondary N) is 3. The second-order valence-corrected chi connectivity index (χ2v) is 11.7. The van der Waals surface area contributed by atoms with E-state index >= 15 is 0 Å². The van der Waals surface area contributed by atoms with Crippen LogP contribution in [0.15, 0.2) is 144 Å². The van der Waals surface area contributed by atoms with Crippen LogP contribution in [0.2, 0.25) is 0 Å². The first-order chi connectivity index (χ1) is 22.9. The van der Waals surface area contributed by atoms with Crippen LogP contribution in [-0.4, -0.2) is 24.3 Å². The van der Waals surface area contributed by atoms with Gasteiger partial charge in [-0.1, -0.05) is 72.8 Å². The van der Waals surface area contributed by atoms with Gasteiger partial charge >= 0.3 is 0 Å². The van der Waals surface area contributed by atoms with Gasteiger partial charge in [0.05, 0.1) is 6.61 Å². The number of hydrogen-bond donors (Lipinski definition) is 3. The van der Waals surface area contributed by atoms with Crippen LogP contribution in [0.1, 0.15) is 39.2 Å². The van der Waals surface area contributed by atoms with Crippen molar-refractivity contribution in [3.05, 3.63) is 161 Å². The minimum atomic E-state index is -0.528. The van der Waals surface area contributed by atoms with Gasteiger partial charge < -0.3 is 20.7 Å². The number of carbonyl (C=O) groups is 3. The van der Waals surface area contributed by atoms with Gasteiger partial charge in [-0.25, -0.2) is 0 Å². The first-order valence-corrected chi connectivity index (χ1v) is 16.1. The number of aryl methyl sites for hydroxylation is 1. The van der Waals surface area contributed by atoms with Gasteiger partial charge in [-0.3, -0.25) is 14.4 Å². The third kappa shape index (κ3) is 9.22. The molecule has 0 saturated carbocycles. The Morgan fingerprint density at radius 2 is 1.32 bits per heavy atom. The number of anilines is 2. The maximum absolute atomic E-state index is 13.5. The summed E-state index contributed by atoms with van der Waals surface area (Å²) >= 11 is 1.41. The quantitative estimate of drug-likeness (QED) is 0.0941. The Hall–Kier alpha value is -5.60. The number of rotatable bonds is 12. The Bertz CT molecular complexity index is 1840. The van der Waals surface area contributed by atoms with E-state index in [0.717, 1.165) is 27.3 Å². The highest BCUT2D eigenvalue weighted by atomic mass is 32.2. The Labute approximate surface area is 279 Å². The van der Waals surface area contributed by atoms with Crippen molar-refractivity contribution < 1.29 is 19.1 Å². The molecule has 0 aromatic heterocycles. The largest absolute Gasteiger partial charge is 0.494 e. The lowest BCUT2D eigenvalue weighted by Gasteiger charge is -2.18.